The van der Waals surface area contributed by atoms with Gasteiger partial charge in [0.25, 0.3) is 0 Å². The molecule has 1 aromatic rings. The molecule has 0 aliphatic rings. The minimum absolute atomic E-state index is 0.377. The van der Waals surface area contributed by atoms with Crippen molar-refractivity contribution in [2.75, 3.05) is 25.0 Å². The van der Waals surface area contributed by atoms with Gasteiger partial charge < -0.3 is 10.2 Å². The molecule has 1 rings (SSSR count). The third-order valence-corrected chi connectivity index (χ3v) is 2.79. The van der Waals surface area contributed by atoms with E-state index in [1.54, 1.807) is 0 Å². The maximum atomic E-state index is 4.40. The Balaban J connectivity index is 2.91. The van der Waals surface area contributed by atoms with Gasteiger partial charge in [-0.25, -0.2) is 4.98 Å². The lowest BCUT2D eigenvalue weighted by Gasteiger charge is -2.21. The second kappa shape index (κ2) is 5.71. The first-order chi connectivity index (χ1) is 7.22. The number of hydrogen-bond acceptors (Lipinski definition) is 3. The zero-order valence-electron chi connectivity index (χ0n) is 10.1. The van der Waals surface area contributed by atoms with Crippen LogP contribution < -0.4 is 10.2 Å². The number of pyridine rings is 1. The first-order valence-electron chi connectivity index (χ1n) is 5.61. The highest BCUT2D eigenvalue weighted by molar-refractivity contribution is 5.41. The van der Waals surface area contributed by atoms with Gasteiger partial charge in [0.2, 0.25) is 0 Å². The van der Waals surface area contributed by atoms with Crippen molar-refractivity contribution in [3.8, 4) is 0 Å². The standard InChI is InChI=1S/C12H21N3/c1-5-15(6-2)12-9-11(7-8-14-12)10(3)13-4/h7-10,13H,5-6H2,1-4H3. The quantitative estimate of drug-likeness (QED) is 0.802. The average Bonchev–Trinajstić information content (AvgIpc) is 2.30. The summed E-state index contributed by atoms with van der Waals surface area (Å²) in [6, 6.07) is 4.60. The molecule has 15 heavy (non-hydrogen) atoms. The van der Waals surface area contributed by atoms with Crippen LogP contribution in [0.15, 0.2) is 18.3 Å². The van der Waals surface area contributed by atoms with Gasteiger partial charge >= 0.3 is 0 Å². The van der Waals surface area contributed by atoms with Crippen LogP contribution in [0.1, 0.15) is 32.4 Å². The molecule has 3 heteroatoms. The monoisotopic (exact) mass is 207 g/mol. The van der Waals surface area contributed by atoms with Crippen molar-refractivity contribution in [1.29, 1.82) is 0 Å². The van der Waals surface area contributed by atoms with Crippen molar-refractivity contribution in [1.82, 2.24) is 10.3 Å². The largest absolute Gasteiger partial charge is 0.357 e. The van der Waals surface area contributed by atoms with Crippen LogP contribution in [-0.4, -0.2) is 25.1 Å². The summed E-state index contributed by atoms with van der Waals surface area (Å²) in [6.07, 6.45) is 1.89. The Kier molecular flexibility index (Phi) is 4.56. The van der Waals surface area contributed by atoms with Gasteiger partial charge in [0.05, 0.1) is 0 Å². The van der Waals surface area contributed by atoms with E-state index in [4.69, 9.17) is 0 Å². The van der Waals surface area contributed by atoms with Crippen LogP contribution in [0, 0.1) is 0 Å². The van der Waals surface area contributed by atoms with E-state index in [0.29, 0.717) is 6.04 Å². The summed E-state index contributed by atoms with van der Waals surface area (Å²) < 4.78 is 0. The molecule has 0 aliphatic carbocycles. The Morgan fingerprint density at radius 3 is 2.60 bits per heavy atom. The van der Waals surface area contributed by atoms with Gasteiger partial charge in [-0.15, -0.1) is 0 Å². The van der Waals surface area contributed by atoms with Crippen molar-refractivity contribution in [3.63, 3.8) is 0 Å². The van der Waals surface area contributed by atoms with Crippen LogP contribution in [0.2, 0.25) is 0 Å². The SMILES string of the molecule is CCN(CC)c1cc(C(C)NC)ccn1. The molecule has 0 saturated carbocycles. The summed E-state index contributed by atoms with van der Waals surface area (Å²) in [6.45, 7) is 8.46. The number of nitrogens with zero attached hydrogens (tertiary/aromatic N) is 2. The predicted molar refractivity (Wildman–Crippen MR) is 65.3 cm³/mol. The summed E-state index contributed by atoms with van der Waals surface area (Å²) in [5, 5.41) is 3.24. The molecule has 1 aromatic heterocycles. The number of hydrogen-bond donors (Lipinski definition) is 1. The van der Waals surface area contributed by atoms with Crippen molar-refractivity contribution in [3.05, 3.63) is 23.9 Å². The maximum absolute atomic E-state index is 4.40. The highest BCUT2D eigenvalue weighted by atomic mass is 15.2. The van der Waals surface area contributed by atoms with Crippen molar-refractivity contribution in [2.24, 2.45) is 0 Å². The van der Waals surface area contributed by atoms with E-state index in [2.05, 4.69) is 48.1 Å². The number of aromatic nitrogens is 1. The fourth-order valence-electron chi connectivity index (χ4n) is 1.59. The maximum Gasteiger partial charge on any atom is 0.128 e. The summed E-state index contributed by atoms with van der Waals surface area (Å²) in [4.78, 5) is 6.65. The van der Waals surface area contributed by atoms with E-state index in [1.165, 1.54) is 5.56 Å². The zero-order chi connectivity index (χ0) is 11.3. The van der Waals surface area contributed by atoms with Crippen LogP contribution in [-0.2, 0) is 0 Å². The fourth-order valence-corrected chi connectivity index (χ4v) is 1.59. The molecule has 84 valence electrons. The normalized spacial score (nSPS) is 12.5. The van der Waals surface area contributed by atoms with Crippen LogP contribution in [0.3, 0.4) is 0 Å². The van der Waals surface area contributed by atoms with E-state index in [1.807, 2.05) is 13.2 Å². The summed E-state index contributed by atoms with van der Waals surface area (Å²) in [5.41, 5.74) is 1.29. The zero-order valence-corrected chi connectivity index (χ0v) is 10.1. The Labute approximate surface area is 92.5 Å². The lowest BCUT2D eigenvalue weighted by molar-refractivity contribution is 0.650. The van der Waals surface area contributed by atoms with Gasteiger partial charge in [0, 0.05) is 25.3 Å². The van der Waals surface area contributed by atoms with Crippen molar-refractivity contribution in [2.45, 2.75) is 26.8 Å². The summed E-state index contributed by atoms with van der Waals surface area (Å²) >= 11 is 0. The van der Waals surface area contributed by atoms with Crippen molar-refractivity contribution >= 4 is 5.82 Å². The molecule has 1 N–H and O–H groups in total. The molecule has 1 atom stereocenters. The van der Waals surface area contributed by atoms with E-state index >= 15 is 0 Å². The van der Waals surface area contributed by atoms with Gasteiger partial charge in [0.1, 0.15) is 5.82 Å². The number of rotatable bonds is 5. The Bertz CT molecular complexity index is 295. The molecule has 0 amide bonds. The molecule has 3 nitrogen and oxygen atoms in total. The van der Waals surface area contributed by atoms with Crippen LogP contribution in [0.4, 0.5) is 5.82 Å². The molecule has 0 bridgehead atoms. The van der Waals surface area contributed by atoms with Crippen LogP contribution in [0.25, 0.3) is 0 Å². The van der Waals surface area contributed by atoms with E-state index in [-0.39, 0.29) is 0 Å². The van der Waals surface area contributed by atoms with Crippen LogP contribution >= 0.6 is 0 Å². The molecule has 0 aliphatic heterocycles. The summed E-state index contributed by atoms with van der Waals surface area (Å²) in [5.74, 6) is 1.07. The second-order valence-electron chi connectivity index (χ2n) is 3.63. The first-order valence-corrected chi connectivity index (χ1v) is 5.61. The smallest absolute Gasteiger partial charge is 0.128 e. The predicted octanol–water partition coefficient (Wildman–Crippen LogP) is 2.21. The highest BCUT2D eigenvalue weighted by Gasteiger charge is 2.07. The summed E-state index contributed by atoms with van der Waals surface area (Å²) in [7, 11) is 1.97. The molecule has 1 heterocycles. The lowest BCUT2D eigenvalue weighted by Crippen LogP contribution is -2.23. The van der Waals surface area contributed by atoms with E-state index in [9.17, 15) is 0 Å². The fraction of sp³-hybridized carbons (Fsp3) is 0.583. The number of anilines is 1. The lowest BCUT2D eigenvalue weighted by atomic mass is 10.1. The first kappa shape index (κ1) is 12.0. The molecule has 0 saturated heterocycles. The van der Waals surface area contributed by atoms with Gasteiger partial charge in [-0.3, -0.25) is 0 Å². The minimum Gasteiger partial charge on any atom is -0.357 e. The topological polar surface area (TPSA) is 28.2 Å². The second-order valence-corrected chi connectivity index (χ2v) is 3.63. The van der Waals surface area contributed by atoms with Crippen LogP contribution in [0.5, 0.6) is 0 Å². The van der Waals surface area contributed by atoms with Gasteiger partial charge in [-0.05, 0) is 45.5 Å². The Morgan fingerprint density at radius 2 is 2.07 bits per heavy atom. The molecule has 0 fully saturated rings. The molecular formula is C12H21N3. The Hall–Kier alpha value is -1.09. The van der Waals surface area contributed by atoms with Gasteiger partial charge in [-0.1, -0.05) is 0 Å². The number of nitrogens with one attached hydrogen (secondary N) is 1. The molecule has 0 radical (unpaired) electrons. The van der Waals surface area contributed by atoms with E-state index < -0.39 is 0 Å². The molecule has 0 spiro atoms. The molecular weight excluding hydrogens is 186 g/mol. The minimum atomic E-state index is 0.377. The third-order valence-electron chi connectivity index (χ3n) is 2.79. The average molecular weight is 207 g/mol. The van der Waals surface area contributed by atoms with Gasteiger partial charge in [0.15, 0.2) is 0 Å². The van der Waals surface area contributed by atoms with E-state index in [0.717, 1.165) is 18.9 Å². The highest BCUT2D eigenvalue weighted by Crippen LogP contribution is 2.17. The van der Waals surface area contributed by atoms with Gasteiger partial charge in [-0.2, -0.15) is 0 Å². The molecule has 1 unspecified atom stereocenters. The van der Waals surface area contributed by atoms with Crippen molar-refractivity contribution < 1.29 is 0 Å². The third kappa shape index (κ3) is 2.93. The molecule has 0 aromatic carbocycles. The Morgan fingerprint density at radius 1 is 1.40 bits per heavy atom.